The van der Waals surface area contributed by atoms with Crippen molar-refractivity contribution in [1.29, 1.82) is 0 Å². The first-order valence-corrected chi connectivity index (χ1v) is 10.2. The summed E-state index contributed by atoms with van der Waals surface area (Å²) in [6, 6.07) is 18.1. The molecule has 28 heavy (non-hydrogen) atoms. The average Bonchev–Trinajstić information content (AvgIpc) is 3.35. The number of furan rings is 1. The molecule has 0 radical (unpaired) electrons. The van der Waals surface area contributed by atoms with Gasteiger partial charge in [0.15, 0.2) is 5.13 Å². The Balaban J connectivity index is 1.64. The first kappa shape index (κ1) is 18.4. The maximum Gasteiger partial charge on any atom is 0.233 e. The molecule has 0 aliphatic rings. The van der Waals surface area contributed by atoms with E-state index in [0.717, 1.165) is 28.0 Å². The van der Waals surface area contributed by atoms with E-state index in [-0.39, 0.29) is 5.91 Å². The lowest BCUT2D eigenvalue weighted by Crippen LogP contribution is -2.31. The van der Waals surface area contributed by atoms with Gasteiger partial charge in [-0.2, -0.15) is 0 Å². The summed E-state index contributed by atoms with van der Waals surface area (Å²) in [4.78, 5) is 19.6. The number of aryl methyl sites for hydroxylation is 2. The Hall–Kier alpha value is -2.92. The number of hydrogen-bond acceptors (Lipinski definition) is 4. The van der Waals surface area contributed by atoms with Gasteiger partial charge in [-0.25, -0.2) is 4.98 Å². The van der Waals surface area contributed by atoms with E-state index in [0.29, 0.717) is 18.1 Å². The number of nitrogens with zero attached hydrogens (tertiary/aromatic N) is 2. The van der Waals surface area contributed by atoms with Gasteiger partial charge in [-0.15, -0.1) is 0 Å². The molecule has 0 bridgehead atoms. The highest BCUT2D eigenvalue weighted by Crippen LogP contribution is 2.31. The first-order chi connectivity index (χ1) is 13.6. The van der Waals surface area contributed by atoms with Gasteiger partial charge in [-0.1, -0.05) is 48.6 Å². The molecule has 0 saturated carbocycles. The molecule has 4 rings (SSSR count). The van der Waals surface area contributed by atoms with Crippen molar-refractivity contribution in [3.05, 3.63) is 83.3 Å². The summed E-state index contributed by atoms with van der Waals surface area (Å²) in [7, 11) is 0. The molecule has 4 nitrogen and oxygen atoms in total. The van der Waals surface area contributed by atoms with Crippen LogP contribution < -0.4 is 4.90 Å². The number of anilines is 1. The third-order valence-corrected chi connectivity index (χ3v) is 5.79. The van der Waals surface area contributed by atoms with Gasteiger partial charge in [0.1, 0.15) is 5.76 Å². The van der Waals surface area contributed by atoms with Crippen LogP contribution in [0.3, 0.4) is 0 Å². The fourth-order valence-corrected chi connectivity index (χ4v) is 4.20. The molecule has 5 heteroatoms. The molecule has 2 heterocycles. The number of benzene rings is 2. The summed E-state index contributed by atoms with van der Waals surface area (Å²) in [5.74, 6) is 0.751. The van der Waals surface area contributed by atoms with Gasteiger partial charge in [0.25, 0.3) is 0 Å². The van der Waals surface area contributed by atoms with E-state index in [9.17, 15) is 4.79 Å². The predicted molar refractivity (Wildman–Crippen MR) is 114 cm³/mol. The number of aromatic nitrogens is 1. The summed E-state index contributed by atoms with van der Waals surface area (Å²) in [6.45, 7) is 4.56. The van der Waals surface area contributed by atoms with Crippen molar-refractivity contribution >= 4 is 32.6 Å². The highest BCUT2D eigenvalue weighted by Gasteiger charge is 2.21. The van der Waals surface area contributed by atoms with Crippen LogP contribution in [-0.4, -0.2) is 10.9 Å². The second-order valence-corrected chi connectivity index (χ2v) is 7.88. The van der Waals surface area contributed by atoms with Gasteiger partial charge in [0.2, 0.25) is 5.91 Å². The molecule has 142 valence electrons. The third kappa shape index (κ3) is 3.99. The molecule has 0 aliphatic heterocycles. The summed E-state index contributed by atoms with van der Waals surface area (Å²) < 4.78 is 6.58. The molecule has 2 aromatic heterocycles. The van der Waals surface area contributed by atoms with Gasteiger partial charge < -0.3 is 4.42 Å². The lowest BCUT2D eigenvalue weighted by molar-refractivity contribution is -0.118. The number of hydrogen-bond donors (Lipinski definition) is 0. The fraction of sp³-hybridized carbons (Fsp3) is 0.217. The van der Waals surface area contributed by atoms with Crippen molar-refractivity contribution in [2.75, 3.05) is 4.90 Å². The van der Waals surface area contributed by atoms with E-state index in [2.05, 4.69) is 32.0 Å². The lowest BCUT2D eigenvalue weighted by Gasteiger charge is -2.19. The van der Waals surface area contributed by atoms with Gasteiger partial charge >= 0.3 is 0 Å². The van der Waals surface area contributed by atoms with Crippen LogP contribution in [0.4, 0.5) is 5.13 Å². The molecule has 2 aromatic carbocycles. The summed E-state index contributed by atoms with van der Waals surface area (Å²) in [5.41, 5.74) is 4.37. The Labute approximate surface area is 168 Å². The number of rotatable bonds is 6. The van der Waals surface area contributed by atoms with E-state index in [4.69, 9.17) is 9.40 Å². The quantitative estimate of drug-likeness (QED) is 0.434. The third-order valence-electron chi connectivity index (χ3n) is 4.75. The van der Waals surface area contributed by atoms with E-state index >= 15 is 0 Å². The largest absolute Gasteiger partial charge is 0.467 e. The number of amides is 1. The zero-order valence-corrected chi connectivity index (χ0v) is 16.8. The molecule has 0 unspecified atom stereocenters. The van der Waals surface area contributed by atoms with Crippen molar-refractivity contribution in [2.24, 2.45) is 0 Å². The minimum absolute atomic E-state index is 0.0106. The Bertz CT molecular complexity index is 1080. The maximum absolute atomic E-state index is 13.2. The zero-order chi connectivity index (χ0) is 19.5. The second kappa shape index (κ2) is 7.98. The van der Waals surface area contributed by atoms with Crippen molar-refractivity contribution in [2.45, 2.75) is 33.2 Å². The van der Waals surface area contributed by atoms with E-state index in [1.165, 1.54) is 22.5 Å². The van der Waals surface area contributed by atoms with E-state index < -0.39 is 0 Å². The van der Waals surface area contributed by atoms with Crippen molar-refractivity contribution in [3.63, 3.8) is 0 Å². The first-order valence-electron chi connectivity index (χ1n) is 9.40. The molecule has 0 spiro atoms. The Kier molecular flexibility index (Phi) is 5.26. The lowest BCUT2D eigenvalue weighted by atomic mass is 10.1. The number of fused-ring (bicyclic) bond motifs is 1. The Morgan fingerprint density at radius 2 is 1.89 bits per heavy atom. The molecule has 0 aliphatic carbocycles. The standard InChI is InChI=1S/C23H22N2O2S/c1-3-17-7-9-18(10-8-17)14-22(26)25(15-19-5-4-12-27-19)23-24-20-11-6-16(2)13-21(20)28-23/h4-13H,3,14-15H2,1-2H3. The van der Waals surface area contributed by atoms with Crippen LogP contribution in [0.15, 0.2) is 65.3 Å². The highest BCUT2D eigenvalue weighted by molar-refractivity contribution is 7.22. The smallest absolute Gasteiger partial charge is 0.233 e. The zero-order valence-electron chi connectivity index (χ0n) is 16.0. The number of carbonyl (C=O) groups is 1. The maximum atomic E-state index is 13.2. The summed E-state index contributed by atoms with van der Waals surface area (Å²) in [5, 5.41) is 0.701. The van der Waals surface area contributed by atoms with E-state index in [1.807, 2.05) is 36.4 Å². The molecule has 0 atom stereocenters. The van der Waals surface area contributed by atoms with Gasteiger partial charge in [-0.3, -0.25) is 9.69 Å². The van der Waals surface area contributed by atoms with E-state index in [1.54, 1.807) is 11.2 Å². The number of carbonyl (C=O) groups excluding carboxylic acids is 1. The minimum Gasteiger partial charge on any atom is -0.467 e. The average molecular weight is 391 g/mol. The van der Waals surface area contributed by atoms with Crippen LogP contribution in [0, 0.1) is 6.92 Å². The summed E-state index contributed by atoms with van der Waals surface area (Å²) >= 11 is 1.54. The fourth-order valence-electron chi connectivity index (χ4n) is 3.12. The SMILES string of the molecule is CCc1ccc(CC(=O)N(Cc2ccco2)c2nc3ccc(C)cc3s2)cc1. The molecular formula is C23H22N2O2S. The van der Waals surface area contributed by atoms with Gasteiger partial charge in [-0.05, 0) is 54.3 Å². The Morgan fingerprint density at radius 3 is 2.61 bits per heavy atom. The van der Waals surface area contributed by atoms with Crippen LogP contribution in [0.1, 0.15) is 29.4 Å². The molecule has 0 fully saturated rings. The van der Waals surface area contributed by atoms with Gasteiger partial charge in [0.05, 0.1) is 29.4 Å². The number of thiazole rings is 1. The minimum atomic E-state index is 0.0106. The normalized spacial score (nSPS) is 11.1. The van der Waals surface area contributed by atoms with Crippen LogP contribution in [-0.2, 0) is 24.2 Å². The van der Waals surface area contributed by atoms with Crippen molar-refractivity contribution in [1.82, 2.24) is 4.98 Å². The van der Waals surface area contributed by atoms with Crippen molar-refractivity contribution < 1.29 is 9.21 Å². The molecule has 1 amide bonds. The molecule has 0 saturated heterocycles. The van der Waals surface area contributed by atoms with Crippen LogP contribution in [0.5, 0.6) is 0 Å². The molecular weight excluding hydrogens is 368 g/mol. The predicted octanol–water partition coefficient (Wildman–Crippen LogP) is 5.54. The van der Waals surface area contributed by atoms with Crippen LogP contribution >= 0.6 is 11.3 Å². The van der Waals surface area contributed by atoms with Gasteiger partial charge in [0, 0.05) is 0 Å². The Morgan fingerprint density at radius 1 is 1.11 bits per heavy atom. The molecule has 0 N–H and O–H groups in total. The monoisotopic (exact) mass is 390 g/mol. The van der Waals surface area contributed by atoms with Crippen LogP contribution in [0.2, 0.25) is 0 Å². The van der Waals surface area contributed by atoms with Crippen molar-refractivity contribution in [3.8, 4) is 0 Å². The summed E-state index contributed by atoms with van der Waals surface area (Å²) in [6.07, 6.45) is 2.95. The topological polar surface area (TPSA) is 46.3 Å². The second-order valence-electron chi connectivity index (χ2n) is 6.87. The molecule has 4 aromatic rings. The highest BCUT2D eigenvalue weighted by atomic mass is 32.1. The van der Waals surface area contributed by atoms with Crippen LogP contribution in [0.25, 0.3) is 10.2 Å².